The van der Waals surface area contributed by atoms with Crippen LogP contribution < -0.4 is 5.32 Å². The molecule has 1 heterocycles. The van der Waals surface area contributed by atoms with Crippen molar-refractivity contribution in [2.75, 3.05) is 34.2 Å². The molecule has 2 rings (SSSR count). The van der Waals surface area contributed by atoms with Gasteiger partial charge in [0.2, 0.25) is 0 Å². The van der Waals surface area contributed by atoms with E-state index in [4.69, 9.17) is 0 Å². The Labute approximate surface area is 181 Å². The van der Waals surface area contributed by atoms with E-state index in [1.807, 2.05) is 25.9 Å². The Morgan fingerprint density at radius 1 is 1.25 bits per heavy atom. The minimum absolute atomic E-state index is 0. The van der Waals surface area contributed by atoms with Crippen molar-refractivity contribution in [3.8, 4) is 0 Å². The molecule has 0 fully saturated rings. The average molecular weight is 507 g/mol. The van der Waals surface area contributed by atoms with Gasteiger partial charge in [-0.2, -0.15) is 5.10 Å². The first kappa shape index (κ1) is 24.2. The fraction of sp³-hybridized carbons (Fsp3) is 0.500. The van der Waals surface area contributed by atoms with E-state index in [1.54, 1.807) is 23.7 Å². The zero-order chi connectivity index (χ0) is 20.0. The highest BCUT2D eigenvalue weighted by atomic mass is 127. The smallest absolute Gasteiger partial charge is 0.194 e. The maximum absolute atomic E-state index is 14.2. The Morgan fingerprint density at radius 3 is 2.39 bits per heavy atom. The highest BCUT2D eigenvalue weighted by molar-refractivity contribution is 14.0. The number of likely N-dealkylation sites (N-methyl/N-ethyl adjacent to an activating group) is 1. The highest BCUT2D eigenvalue weighted by Gasteiger charge is 2.22. The van der Waals surface area contributed by atoms with Gasteiger partial charge in [-0.15, -0.1) is 24.0 Å². The van der Waals surface area contributed by atoms with E-state index >= 15 is 0 Å². The van der Waals surface area contributed by atoms with Crippen LogP contribution in [-0.2, 0) is 13.6 Å². The second-order valence-electron chi connectivity index (χ2n) is 6.47. The summed E-state index contributed by atoms with van der Waals surface area (Å²) in [6, 6.07) is 3.37. The molecule has 1 aromatic carbocycles. The Balaban J connectivity index is 0.00000392. The molecule has 1 atom stereocenters. The summed E-state index contributed by atoms with van der Waals surface area (Å²) in [5.41, 5.74) is 0.0260. The highest BCUT2D eigenvalue weighted by Crippen LogP contribution is 2.24. The lowest BCUT2D eigenvalue weighted by Crippen LogP contribution is -2.39. The van der Waals surface area contributed by atoms with Crippen LogP contribution in [0.2, 0.25) is 0 Å². The number of guanidine groups is 1. The minimum atomic E-state index is -0.568. The van der Waals surface area contributed by atoms with Crippen LogP contribution >= 0.6 is 24.0 Å². The van der Waals surface area contributed by atoms with Gasteiger partial charge in [-0.1, -0.05) is 6.07 Å². The molecule has 2 aromatic rings. The number of hydrogen-bond donors (Lipinski definition) is 1. The summed E-state index contributed by atoms with van der Waals surface area (Å²) < 4.78 is 30.2. The van der Waals surface area contributed by atoms with E-state index < -0.39 is 17.7 Å². The standard InChI is InChI=1S/C18H27F2N7.HI/c1-6-21-18(26(4)11-16-23-12-24-27(16)5)22-10-15(25(2)3)17-13(19)8-7-9-14(17)20;/h7-9,12,15H,6,10-11H2,1-5H3,(H,21,22);1H. The topological polar surface area (TPSA) is 61.6 Å². The SMILES string of the molecule is CCNC(=NCC(c1c(F)cccc1F)N(C)C)N(C)Cc1ncnn1C.I. The summed E-state index contributed by atoms with van der Waals surface area (Å²) in [4.78, 5) is 12.5. The number of rotatable bonds is 7. The molecule has 0 amide bonds. The van der Waals surface area contributed by atoms with E-state index in [9.17, 15) is 8.78 Å². The molecule has 1 N–H and O–H groups in total. The quantitative estimate of drug-likeness (QED) is 0.355. The van der Waals surface area contributed by atoms with Crippen molar-refractivity contribution in [1.82, 2.24) is 29.9 Å². The Bertz CT molecular complexity index is 759. The maximum Gasteiger partial charge on any atom is 0.194 e. The van der Waals surface area contributed by atoms with Crippen LogP contribution in [0.5, 0.6) is 0 Å². The minimum Gasteiger partial charge on any atom is -0.357 e. The van der Waals surface area contributed by atoms with Crippen LogP contribution in [0, 0.1) is 11.6 Å². The third kappa shape index (κ3) is 6.09. The molecule has 7 nitrogen and oxygen atoms in total. The summed E-state index contributed by atoms with van der Waals surface area (Å²) in [7, 11) is 7.26. The van der Waals surface area contributed by atoms with Crippen LogP contribution in [0.3, 0.4) is 0 Å². The third-order valence-electron chi connectivity index (χ3n) is 4.25. The van der Waals surface area contributed by atoms with E-state index in [0.717, 1.165) is 5.82 Å². The lowest BCUT2D eigenvalue weighted by molar-refractivity contribution is 0.289. The molecule has 0 aliphatic heterocycles. The van der Waals surface area contributed by atoms with Gasteiger partial charge in [-0.25, -0.2) is 13.8 Å². The van der Waals surface area contributed by atoms with Gasteiger partial charge in [-0.3, -0.25) is 9.67 Å². The van der Waals surface area contributed by atoms with E-state index in [-0.39, 0.29) is 36.1 Å². The average Bonchev–Trinajstić information content (AvgIpc) is 3.00. The van der Waals surface area contributed by atoms with Gasteiger partial charge in [0.05, 0.1) is 19.1 Å². The lowest BCUT2D eigenvalue weighted by Gasteiger charge is -2.26. The van der Waals surface area contributed by atoms with Gasteiger partial charge in [0, 0.05) is 26.2 Å². The van der Waals surface area contributed by atoms with Gasteiger partial charge in [0.1, 0.15) is 23.8 Å². The number of nitrogens with zero attached hydrogens (tertiary/aromatic N) is 6. The van der Waals surface area contributed by atoms with Gasteiger partial charge in [0.25, 0.3) is 0 Å². The van der Waals surface area contributed by atoms with Crippen LogP contribution in [0.1, 0.15) is 24.4 Å². The van der Waals surface area contributed by atoms with Crippen LogP contribution in [-0.4, -0.2) is 64.8 Å². The molecule has 0 saturated carbocycles. The van der Waals surface area contributed by atoms with E-state index in [2.05, 4.69) is 20.4 Å². The molecule has 0 saturated heterocycles. The molecule has 1 aromatic heterocycles. The normalized spacial score (nSPS) is 12.6. The van der Waals surface area contributed by atoms with Crippen molar-refractivity contribution in [3.05, 3.63) is 47.5 Å². The lowest BCUT2D eigenvalue weighted by atomic mass is 10.0. The number of benzene rings is 1. The van der Waals surface area contributed by atoms with Crippen molar-refractivity contribution >= 4 is 29.9 Å². The number of nitrogens with one attached hydrogen (secondary N) is 1. The number of aromatic nitrogens is 3. The van der Waals surface area contributed by atoms with Crippen molar-refractivity contribution < 1.29 is 8.78 Å². The van der Waals surface area contributed by atoms with Gasteiger partial charge in [-0.05, 0) is 33.2 Å². The van der Waals surface area contributed by atoms with Crippen molar-refractivity contribution in [2.45, 2.75) is 19.5 Å². The summed E-state index contributed by atoms with van der Waals surface area (Å²) in [5.74, 6) is 0.277. The summed E-state index contributed by atoms with van der Waals surface area (Å²) in [5, 5.41) is 7.26. The number of aryl methyl sites for hydroxylation is 1. The summed E-state index contributed by atoms with van der Waals surface area (Å²) >= 11 is 0. The first-order valence-corrected chi connectivity index (χ1v) is 8.77. The van der Waals surface area contributed by atoms with Crippen molar-refractivity contribution in [2.24, 2.45) is 12.0 Å². The second kappa shape index (κ2) is 11.2. The Hall–Kier alpha value is -1.82. The fourth-order valence-electron chi connectivity index (χ4n) is 2.73. The molecule has 0 bridgehead atoms. The predicted octanol–water partition coefficient (Wildman–Crippen LogP) is 2.41. The van der Waals surface area contributed by atoms with Crippen LogP contribution in [0.25, 0.3) is 0 Å². The monoisotopic (exact) mass is 507 g/mol. The zero-order valence-corrected chi connectivity index (χ0v) is 19.2. The number of halogens is 3. The third-order valence-corrected chi connectivity index (χ3v) is 4.25. The predicted molar refractivity (Wildman–Crippen MR) is 117 cm³/mol. The molecule has 0 aliphatic carbocycles. The molecule has 1 unspecified atom stereocenters. The maximum atomic E-state index is 14.2. The summed E-state index contributed by atoms with van der Waals surface area (Å²) in [6.45, 7) is 3.34. The van der Waals surface area contributed by atoms with E-state index in [1.165, 1.54) is 24.5 Å². The molecular formula is C18H28F2IN7. The second-order valence-corrected chi connectivity index (χ2v) is 6.47. The largest absolute Gasteiger partial charge is 0.357 e. The number of aliphatic imine (C=N–C) groups is 1. The summed E-state index contributed by atoms with van der Waals surface area (Å²) in [6.07, 6.45) is 1.50. The zero-order valence-electron chi connectivity index (χ0n) is 16.9. The molecule has 156 valence electrons. The molecule has 0 spiro atoms. The van der Waals surface area contributed by atoms with Crippen LogP contribution in [0.15, 0.2) is 29.5 Å². The Morgan fingerprint density at radius 2 is 1.89 bits per heavy atom. The first-order valence-electron chi connectivity index (χ1n) is 8.77. The number of hydrogen-bond acceptors (Lipinski definition) is 4. The molecule has 0 radical (unpaired) electrons. The molecule has 0 aliphatic rings. The molecule has 10 heteroatoms. The van der Waals surface area contributed by atoms with E-state index in [0.29, 0.717) is 19.0 Å². The van der Waals surface area contributed by atoms with Crippen molar-refractivity contribution in [3.63, 3.8) is 0 Å². The first-order chi connectivity index (χ1) is 12.8. The van der Waals surface area contributed by atoms with Crippen LogP contribution in [0.4, 0.5) is 8.78 Å². The van der Waals surface area contributed by atoms with Crippen molar-refractivity contribution in [1.29, 1.82) is 0 Å². The fourth-order valence-corrected chi connectivity index (χ4v) is 2.73. The van der Waals surface area contributed by atoms with Gasteiger partial charge in [0.15, 0.2) is 5.96 Å². The Kier molecular flexibility index (Phi) is 9.73. The van der Waals surface area contributed by atoms with Gasteiger partial charge < -0.3 is 15.1 Å². The van der Waals surface area contributed by atoms with Gasteiger partial charge >= 0.3 is 0 Å². The molecule has 28 heavy (non-hydrogen) atoms. The molecular weight excluding hydrogens is 479 g/mol.